The fraction of sp³-hybridized carbons (Fsp3) is 0.875. The van der Waals surface area contributed by atoms with Crippen molar-refractivity contribution in [2.45, 2.75) is 19.2 Å². The summed E-state index contributed by atoms with van der Waals surface area (Å²) in [5, 5.41) is 10.8. The monoisotopic (exact) mass is 210 g/mol. The van der Waals surface area contributed by atoms with Crippen molar-refractivity contribution in [1.82, 2.24) is 5.32 Å². The summed E-state index contributed by atoms with van der Waals surface area (Å²) >= 11 is 0. The highest BCUT2D eigenvalue weighted by Gasteiger charge is 2.39. The van der Waals surface area contributed by atoms with Crippen LogP contribution in [0.1, 0.15) is 6.92 Å². The minimum absolute atomic E-state index is 0.164. The van der Waals surface area contributed by atoms with E-state index in [1.165, 1.54) is 13.2 Å². The van der Waals surface area contributed by atoms with E-state index in [0.717, 1.165) is 0 Å². The van der Waals surface area contributed by atoms with Crippen LogP contribution in [0, 0.1) is 17.2 Å². The first kappa shape index (κ1) is 13.2. The van der Waals surface area contributed by atoms with E-state index in [1.807, 2.05) is 0 Å². The number of hydrogen-bond acceptors (Lipinski definition) is 3. The van der Waals surface area contributed by atoms with Crippen LogP contribution in [0.25, 0.3) is 0 Å². The highest BCUT2D eigenvalue weighted by Crippen LogP contribution is 2.24. The van der Waals surface area contributed by atoms with E-state index in [4.69, 9.17) is 10.00 Å². The molecule has 0 aliphatic rings. The minimum Gasteiger partial charge on any atom is -0.380 e. The molecule has 0 saturated carbocycles. The molecule has 0 amide bonds. The molecule has 82 valence electrons. The lowest BCUT2D eigenvalue weighted by molar-refractivity contribution is -0.157. The second-order valence-corrected chi connectivity index (χ2v) is 2.93. The topological polar surface area (TPSA) is 45.0 Å². The lowest BCUT2D eigenvalue weighted by Gasteiger charge is -2.15. The van der Waals surface area contributed by atoms with E-state index >= 15 is 0 Å². The van der Waals surface area contributed by atoms with E-state index in [0.29, 0.717) is 6.54 Å². The van der Waals surface area contributed by atoms with Gasteiger partial charge in [0.25, 0.3) is 0 Å². The van der Waals surface area contributed by atoms with Gasteiger partial charge in [-0.3, -0.25) is 0 Å². The third kappa shape index (κ3) is 5.04. The highest BCUT2D eigenvalue weighted by molar-refractivity contribution is 4.89. The van der Waals surface area contributed by atoms with Crippen LogP contribution in [-0.2, 0) is 4.74 Å². The van der Waals surface area contributed by atoms with Crippen LogP contribution >= 0.6 is 0 Å². The summed E-state index contributed by atoms with van der Waals surface area (Å²) in [6.07, 6.45) is -4.62. The molecule has 14 heavy (non-hydrogen) atoms. The summed E-state index contributed by atoms with van der Waals surface area (Å²) in [6, 6.07) is 1.21. The Kier molecular flexibility index (Phi) is 5.50. The minimum atomic E-state index is -4.46. The Hall–Kier alpha value is -0.800. The van der Waals surface area contributed by atoms with Crippen LogP contribution in [0.15, 0.2) is 0 Å². The van der Waals surface area contributed by atoms with Crippen molar-refractivity contribution in [3.8, 4) is 6.07 Å². The van der Waals surface area contributed by atoms with Crippen molar-refractivity contribution < 1.29 is 17.9 Å². The number of rotatable bonds is 5. The molecule has 0 aromatic rings. The largest absolute Gasteiger partial charge is 0.405 e. The Bertz CT molecular complexity index is 200. The molecule has 0 rings (SSSR count). The van der Waals surface area contributed by atoms with Gasteiger partial charge in [0.1, 0.15) is 0 Å². The summed E-state index contributed by atoms with van der Waals surface area (Å²) in [5.41, 5.74) is 0. The molecule has 0 aromatic carbocycles. The Balaban J connectivity index is 3.82. The molecule has 0 saturated heterocycles. The normalized spacial score (nSPS) is 16.0. The second kappa shape index (κ2) is 5.83. The first-order valence-electron chi connectivity index (χ1n) is 4.11. The molecular formula is C8H13F3N2O. The zero-order valence-electron chi connectivity index (χ0n) is 8.06. The van der Waals surface area contributed by atoms with Gasteiger partial charge in [-0.25, -0.2) is 0 Å². The molecule has 2 unspecified atom stereocenters. The van der Waals surface area contributed by atoms with E-state index < -0.39 is 18.6 Å². The van der Waals surface area contributed by atoms with E-state index in [-0.39, 0.29) is 6.10 Å². The van der Waals surface area contributed by atoms with Crippen LogP contribution in [0.2, 0.25) is 0 Å². The lowest BCUT2D eigenvalue weighted by atomic mass is 10.1. The average Bonchev–Trinajstić information content (AvgIpc) is 2.09. The zero-order valence-corrected chi connectivity index (χ0v) is 8.06. The van der Waals surface area contributed by atoms with Gasteiger partial charge in [0.05, 0.1) is 12.2 Å². The van der Waals surface area contributed by atoms with Gasteiger partial charge >= 0.3 is 6.18 Å². The first-order chi connectivity index (χ1) is 6.41. The summed E-state index contributed by atoms with van der Waals surface area (Å²) < 4.78 is 40.9. The maximum Gasteiger partial charge on any atom is 0.405 e. The van der Waals surface area contributed by atoms with Crippen LogP contribution in [0.3, 0.4) is 0 Å². The fourth-order valence-corrected chi connectivity index (χ4v) is 0.749. The molecule has 0 radical (unpaired) electrons. The second-order valence-electron chi connectivity index (χ2n) is 2.93. The predicted molar refractivity (Wildman–Crippen MR) is 44.5 cm³/mol. The van der Waals surface area contributed by atoms with Crippen molar-refractivity contribution in [2.24, 2.45) is 5.92 Å². The molecule has 0 bridgehead atoms. The standard InChI is InChI=1S/C8H13F3N2O/c1-6(14-2)4-13-5-7(3-12)8(9,10)11/h6-7,13H,4-5H2,1-2H3. The van der Waals surface area contributed by atoms with E-state index in [2.05, 4.69) is 5.32 Å². The zero-order chi connectivity index (χ0) is 11.2. The molecule has 0 spiro atoms. The van der Waals surface area contributed by atoms with Gasteiger partial charge < -0.3 is 10.1 Å². The molecule has 1 N–H and O–H groups in total. The number of nitrogens with zero attached hydrogens (tertiary/aromatic N) is 1. The predicted octanol–water partition coefficient (Wildman–Crippen LogP) is 1.31. The number of halogens is 3. The van der Waals surface area contributed by atoms with Crippen molar-refractivity contribution in [1.29, 1.82) is 5.26 Å². The smallest absolute Gasteiger partial charge is 0.380 e. The number of nitriles is 1. The molecule has 0 heterocycles. The third-order valence-electron chi connectivity index (χ3n) is 1.73. The van der Waals surface area contributed by atoms with Gasteiger partial charge in [-0.2, -0.15) is 18.4 Å². The highest BCUT2D eigenvalue weighted by atomic mass is 19.4. The Morgan fingerprint density at radius 3 is 2.36 bits per heavy atom. The summed E-state index contributed by atoms with van der Waals surface area (Å²) in [6.45, 7) is 1.63. The molecule has 0 aromatic heterocycles. The van der Waals surface area contributed by atoms with Gasteiger partial charge in [-0.15, -0.1) is 0 Å². The number of methoxy groups -OCH3 is 1. The molecule has 0 aliphatic carbocycles. The fourth-order valence-electron chi connectivity index (χ4n) is 0.749. The molecule has 0 fully saturated rings. The first-order valence-corrected chi connectivity index (χ1v) is 4.11. The van der Waals surface area contributed by atoms with Gasteiger partial charge in [-0.05, 0) is 6.92 Å². The number of ether oxygens (including phenoxy) is 1. The van der Waals surface area contributed by atoms with Gasteiger partial charge in [-0.1, -0.05) is 0 Å². The van der Waals surface area contributed by atoms with Crippen LogP contribution in [-0.4, -0.2) is 32.5 Å². The maximum atomic E-state index is 12.0. The lowest BCUT2D eigenvalue weighted by Crippen LogP contribution is -2.36. The summed E-state index contributed by atoms with van der Waals surface area (Å²) in [4.78, 5) is 0. The summed E-state index contributed by atoms with van der Waals surface area (Å²) in [7, 11) is 1.47. The van der Waals surface area contributed by atoms with Crippen molar-refractivity contribution in [2.75, 3.05) is 20.2 Å². The number of hydrogen-bond donors (Lipinski definition) is 1. The van der Waals surface area contributed by atoms with Crippen LogP contribution in [0.4, 0.5) is 13.2 Å². The Labute approximate surface area is 80.8 Å². The van der Waals surface area contributed by atoms with Gasteiger partial charge in [0, 0.05) is 20.2 Å². The molecule has 6 heteroatoms. The van der Waals surface area contributed by atoms with Crippen LogP contribution in [0.5, 0.6) is 0 Å². The van der Waals surface area contributed by atoms with E-state index in [1.54, 1.807) is 6.92 Å². The quantitative estimate of drug-likeness (QED) is 0.744. The molecular weight excluding hydrogens is 197 g/mol. The van der Waals surface area contributed by atoms with Crippen molar-refractivity contribution in [3.05, 3.63) is 0 Å². The number of nitrogens with one attached hydrogen (secondary N) is 1. The third-order valence-corrected chi connectivity index (χ3v) is 1.73. The van der Waals surface area contributed by atoms with Gasteiger partial charge in [0.15, 0.2) is 5.92 Å². The maximum absolute atomic E-state index is 12.0. The Morgan fingerprint density at radius 1 is 1.43 bits per heavy atom. The summed E-state index contributed by atoms with van der Waals surface area (Å²) in [5.74, 6) is -1.95. The molecule has 3 nitrogen and oxygen atoms in total. The molecule has 0 aliphatic heterocycles. The van der Waals surface area contributed by atoms with E-state index in [9.17, 15) is 13.2 Å². The molecule has 2 atom stereocenters. The number of alkyl halides is 3. The SMILES string of the molecule is COC(C)CNCC(C#N)C(F)(F)F. The van der Waals surface area contributed by atoms with Crippen LogP contribution < -0.4 is 5.32 Å². The van der Waals surface area contributed by atoms with Crippen molar-refractivity contribution in [3.63, 3.8) is 0 Å². The Morgan fingerprint density at radius 2 is 2.00 bits per heavy atom. The van der Waals surface area contributed by atoms with Gasteiger partial charge in [0.2, 0.25) is 0 Å². The van der Waals surface area contributed by atoms with Crippen molar-refractivity contribution >= 4 is 0 Å². The average molecular weight is 210 g/mol.